The molecule has 1 amide bonds. The number of aliphatic carboxylic acids is 1. The van der Waals surface area contributed by atoms with Gasteiger partial charge in [0.1, 0.15) is 5.75 Å². The molecule has 6 nitrogen and oxygen atoms in total. The van der Waals surface area contributed by atoms with Crippen molar-refractivity contribution in [1.82, 2.24) is 5.32 Å². The summed E-state index contributed by atoms with van der Waals surface area (Å²) >= 11 is 0. The van der Waals surface area contributed by atoms with E-state index in [2.05, 4.69) is 5.32 Å². The van der Waals surface area contributed by atoms with E-state index < -0.39 is 11.5 Å². The molecule has 0 saturated carbocycles. The largest absolute Gasteiger partial charge is 0.494 e. The molecule has 1 aliphatic heterocycles. The van der Waals surface area contributed by atoms with Crippen molar-refractivity contribution in [1.29, 1.82) is 0 Å². The molecule has 1 aromatic carbocycles. The first kappa shape index (κ1) is 16.3. The zero-order valence-electron chi connectivity index (χ0n) is 12.6. The summed E-state index contributed by atoms with van der Waals surface area (Å²) in [6.07, 6.45) is 1.23. The number of amides is 1. The molecular formula is C16H21NO5. The maximum atomic E-state index is 12.4. The van der Waals surface area contributed by atoms with Crippen LogP contribution >= 0.6 is 0 Å². The minimum Gasteiger partial charge on any atom is -0.494 e. The first-order valence-corrected chi connectivity index (χ1v) is 7.39. The van der Waals surface area contributed by atoms with Gasteiger partial charge in [0.05, 0.1) is 25.2 Å². The number of nitrogens with one attached hydrogen (secondary N) is 1. The lowest BCUT2D eigenvalue weighted by Crippen LogP contribution is -2.50. The summed E-state index contributed by atoms with van der Waals surface area (Å²) < 4.78 is 10.8. The maximum Gasteiger partial charge on any atom is 0.305 e. The smallest absolute Gasteiger partial charge is 0.305 e. The van der Waals surface area contributed by atoms with Gasteiger partial charge in [0.2, 0.25) is 0 Å². The highest BCUT2D eigenvalue weighted by atomic mass is 16.5. The fourth-order valence-electron chi connectivity index (χ4n) is 2.44. The second-order valence-corrected chi connectivity index (χ2v) is 5.48. The topological polar surface area (TPSA) is 84.9 Å². The molecule has 0 aliphatic carbocycles. The predicted octanol–water partition coefficient (Wildman–Crippen LogP) is 1.84. The van der Waals surface area contributed by atoms with Crippen molar-refractivity contribution in [2.24, 2.45) is 0 Å². The van der Waals surface area contributed by atoms with E-state index in [1.165, 1.54) is 0 Å². The summed E-state index contributed by atoms with van der Waals surface area (Å²) in [6, 6.07) is 6.88. The van der Waals surface area contributed by atoms with Crippen LogP contribution in [0.2, 0.25) is 0 Å². The van der Waals surface area contributed by atoms with Gasteiger partial charge in [-0.2, -0.15) is 0 Å². The van der Waals surface area contributed by atoms with Crippen molar-refractivity contribution in [3.05, 3.63) is 29.8 Å². The molecule has 1 aliphatic rings. The van der Waals surface area contributed by atoms with Crippen molar-refractivity contribution < 1.29 is 24.2 Å². The van der Waals surface area contributed by atoms with Crippen molar-refractivity contribution >= 4 is 11.9 Å². The Balaban J connectivity index is 2.08. The number of carbonyl (C=O) groups excluding carboxylic acids is 1. The molecule has 2 rings (SSSR count). The molecule has 1 saturated heterocycles. The van der Waals surface area contributed by atoms with Crippen molar-refractivity contribution in [2.45, 2.75) is 31.7 Å². The van der Waals surface area contributed by atoms with Gasteiger partial charge in [-0.1, -0.05) is 13.0 Å². The standard InChI is InChI=1S/C16H21NO5/c1-2-7-22-13-5-3-4-12(9-13)15(20)17-16(10-14(18)19)6-8-21-11-16/h3-5,9H,2,6-8,10-11H2,1H3,(H,17,20)(H,18,19). The van der Waals surface area contributed by atoms with E-state index in [1.54, 1.807) is 24.3 Å². The Morgan fingerprint density at radius 1 is 1.45 bits per heavy atom. The lowest BCUT2D eigenvalue weighted by Gasteiger charge is -2.27. The summed E-state index contributed by atoms with van der Waals surface area (Å²) in [5, 5.41) is 11.9. The summed E-state index contributed by atoms with van der Waals surface area (Å²) in [5.41, 5.74) is -0.381. The Kier molecular flexibility index (Phi) is 5.38. The van der Waals surface area contributed by atoms with Crippen LogP contribution in [0.25, 0.3) is 0 Å². The Morgan fingerprint density at radius 3 is 2.91 bits per heavy atom. The van der Waals surface area contributed by atoms with Gasteiger partial charge in [-0.15, -0.1) is 0 Å². The lowest BCUT2D eigenvalue weighted by molar-refractivity contribution is -0.138. The van der Waals surface area contributed by atoms with Gasteiger partial charge in [0.25, 0.3) is 5.91 Å². The fraction of sp³-hybridized carbons (Fsp3) is 0.500. The first-order chi connectivity index (χ1) is 10.5. The van der Waals surface area contributed by atoms with Crippen LogP contribution in [0.1, 0.15) is 36.5 Å². The quantitative estimate of drug-likeness (QED) is 0.803. The highest BCUT2D eigenvalue weighted by molar-refractivity contribution is 5.95. The Hall–Kier alpha value is -2.08. The van der Waals surface area contributed by atoms with Gasteiger partial charge in [-0.05, 0) is 31.0 Å². The van der Waals surface area contributed by atoms with Crippen LogP contribution < -0.4 is 10.1 Å². The fourth-order valence-corrected chi connectivity index (χ4v) is 2.44. The van der Waals surface area contributed by atoms with Crippen LogP contribution in [0.15, 0.2) is 24.3 Å². The minimum absolute atomic E-state index is 0.148. The second kappa shape index (κ2) is 7.26. The maximum absolute atomic E-state index is 12.4. The number of hydrogen-bond acceptors (Lipinski definition) is 4. The number of hydrogen-bond donors (Lipinski definition) is 2. The van der Waals surface area contributed by atoms with Gasteiger partial charge in [-0.25, -0.2) is 0 Å². The molecule has 0 bridgehead atoms. The van der Waals surface area contributed by atoms with Crippen LogP contribution in [0.5, 0.6) is 5.75 Å². The first-order valence-electron chi connectivity index (χ1n) is 7.39. The summed E-state index contributed by atoms with van der Waals surface area (Å²) in [4.78, 5) is 23.4. The number of carboxylic acid groups (broad SMARTS) is 1. The van der Waals surface area contributed by atoms with Gasteiger partial charge < -0.3 is 19.9 Å². The zero-order valence-corrected chi connectivity index (χ0v) is 12.6. The molecule has 1 unspecified atom stereocenters. The molecule has 22 heavy (non-hydrogen) atoms. The Morgan fingerprint density at radius 2 is 2.27 bits per heavy atom. The molecule has 120 valence electrons. The molecule has 0 radical (unpaired) electrons. The van der Waals surface area contributed by atoms with Gasteiger partial charge >= 0.3 is 5.97 Å². The number of ether oxygens (including phenoxy) is 2. The van der Waals surface area contributed by atoms with Crippen LogP contribution in [0.3, 0.4) is 0 Å². The average molecular weight is 307 g/mol. The van der Waals surface area contributed by atoms with E-state index >= 15 is 0 Å². The van der Waals surface area contributed by atoms with Crippen LogP contribution in [0, 0.1) is 0 Å². The second-order valence-electron chi connectivity index (χ2n) is 5.48. The van der Waals surface area contributed by atoms with Crippen molar-refractivity contribution in [3.63, 3.8) is 0 Å². The third kappa shape index (κ3) is 4.21. The third-order valence-electron chi connectivity index (χ3n) is 3.54. The van der Waals surface area contributed by atoms with Crippen LogP contribution in [-0.2, 0) is 9.53 Å². The molecule has 0 spiro atoms. The molecular weight excluding hydrogens is 286 g/mol. The lowest BCUT2D eigenvalue weighted by atomic mass is 9.93. The molecule has 0 aromatic heterocycles. The molecule has 2 N–H and O–H groups in total. The van der Waals surface area contributed by atoms with E-state index in [0.717, 1.165) is 6.42 Å². The highest BCUT2D eigenvalue weighted by Crippen LogP contribution is 2.24. The van der Waals surface area contributed by atoms with Gasteiger partial charge in [0.15, 0.2) is 0 Å². The van der Waals surface area contributed by atoms with Crippen LogP contribution in [-0.4, -0.2) is 42.3 Å². The SMILES string of the molecule is CCCOc1cccc(C(=O)NC2(CC(=O)O)CCOC2)c1. The van der Waals surface area contributed by atoms with E-state index in [4.69, 9.17) is 14.6 Å². The van der Waals surface area contributed by atoms with E-state index in [9.17, 15) is 9.59 Å². The molecule has 1 fully saturated rings. The average Bonchev–Trinajstić information content (AvgIpc) is 2.92. The number of rotatable bonds is 7. The van der Waals surface area contributed by atoms with E-state index in [-0.39, 0.29) is 18.9 Å². The zero-order chi connectivity index (χ0) is 16.0. The highest BCUT2D eigenvalue weighted by Gasteiger charge is 2.38. The van der Waals surface area contributed by atoms with Gasteiger partial charge in [0, 0.05) is 12.2 Å². The third-order valence-corrected chi connectivity index (χ3v) is 3.54. The molecule has 1 atom stereocenters. The van der Waals surface area contributed by atoms with Crippen molar-refractivity contribution in [3.8, 4) is 5.75 Å². The monoisotopic (exact) mass is 307 g/mol. The Labute approximate surface area is 129 Å². The Bertz CT molecular complexity index is 537. The summed E-state index contributed by atoms with van der Waals surface area (Å²) in [7, 11) is 0. The molecule has 6 heteroatoms. The summed E-state index contributed by atoms with van der Waals surface area (Å²) in [5.74, 6) is -0.635. The van der Waals surface area contributed by atoms with Gasteiger partial charge in [-0.3, -0.25) is 9.59 Å². The predicted molar refractivity (Wildman–Crippen MR) is 80.1 cm³/mol. The number of benzene rings is 1. The normalized spacial score (nSPS) is 20.6. The van der Waals surface area contributed by atoms with Crippen molar-refractivity contribution in [2.75, 3.05) is 19.8 Å². The van der Waals surface area contributed by atoms with Crippen LogP contribution in [0.4, 0.5) is 0 Å². The van der Waals surface area contributed by atoms with E-state index in [0.29, 0.717) is 30.9 Å². The van der Waals surface area contributed by atoms with E-state index in [1.807, 2.05) is 6.92 Å². The minimum atomic E-state index is -0.953. The molecule has 1 aromatic rings. The molecule has 1 heterocycles. The summed E-state index contributed by atoms with van der Waals surface area (Å²) in [6.45, 7) is 3.26. The number of carbonyl (C=O) groups is 2. The number of carboxylic acids is 1.